The lowest BCUT2D eigenvalue weighted by molar-refractivity contribution is -0.0522. The summed E-state index contributed by atoms with van der Waals surface area (Å²) in [5, 5.41) is 0. The van der Waals surface area contributed by atoms with Crippen molar-refractivity contribution in [2.75, 3.05) is 0 Å². The van der Waals surface area contributed by atoms with Gasteiger partial charge >= 0.3 is 15.6 Å². The number of allylic oxidation sites excluding steroid dienone is 2. The normalized spacial score (nSPS) is 19.5. The Morgan fingerprint density at radius 3 is 2.57 bits per heavy atom. The van der Waals surface area contributed by atoms with Crippen LogP contribution in [0.4, 0.5) is 17.6 Å². The van der Waals surface area contributed by atoms with Gasteiger partial charge < -0.3 is 4.18 Å². The van der Waals surface area contributed by atoms with Gasteiger partial charge in [-0.05, 0) is 36.6 Å². The Labute approximate surface area is 119 Å². The molecule has 2 rings (SSSR count). The summed E-state index contributed by atoms with van der Waals surface area (Å²) in [6.45, 7) is 1.56. The molecular weight excluding hydrogens is 312 g/mol. The molecular formula is C13H12F4O3S. The van der Waals surface area contributed by atoms with Crippen LogP contribution in [0.2, 0.25) is 0 Å². The van der Waals surface area contributed by atoms with E-state index in [4.69, 9.17) is 0 Å². The monoisotopic (exact) mass is 324 g/mol. The lowest BCUT2D eigenvalue weighted by Gasteiger charge is -2.11. The summed E-state index contributed by atoms with van der Waals surface area (Å²) < 4.78 is 76.1. The molecule has 0 saturated carbocycles. The number of halogens is 4. The molecule has 116 valence electrons. The average Bonchev–Trinajstić information content (AvgIpc) is 2.79. The second kappa shape index (κ2) is 5.32. The number of alkyl halides is 3. The Bertz CT molecular complexity index is 677. The van der Waals surface area contributed by atoms with Crippen LogP contribution in [-0.4, -0.2) is 13.9 Å². The summed E-state index contributed by atoms with van der Waals surface area (Å²) in [6, 6.07) is 4.43. The van der Waals surface area contributed by atoms with E-state index in [1.807, 2.05) is 0 Å². The molecule has 0 heterocycles. The Balaban J connectivity index is 2.22. The van der Waals surface area contributed by atoms with Gasteiger partial charge in [0.25, 0.3) is 0 Å². The molecule has 0 fully saturated rings. The highest BCUT2D eigenvalue weighted by atomic mass is 32.2. The van der Waals surface area contributed by atoms with Gasteiger partial charge in [0.05, 0.1) is 0 Å². The molecule has 0 aromatic heterocycles. The second-order valence-electron chi connectivity index (χ2n) is 4.72. The quantitative estimate of drug-likeness (QED) is 0.483. The van der Waals surface area contributed by atoms with E-state index in [1.165, 1.54) is 18.2 Å². The molecule has 0 aliphatic heterocycles. The van der Waals surface area contributed by atoms with Crippen molar-refractivity contribution < 1.29 is 30.2 Å². The van der Waals surface area contributed by atoms with Crippen LogP contribution in [0.1, 0.15) is 29.9 Å². The van der Waals surface area contributed by atoms with E-state index in [0.717, 1.165) is 0 Å². The highest BCUT2D eigenvalue weighted by Gasteiger charge is 2.49. The zero-order chi connectivity index (χ0) is 15.8. The summed E-state index contributed by atoms with van der Waals surface area (Å²) >= 11 is 0. The van der Waals surface area contributed by atoms with Gasteiger partial charge in [-0.25, -0.2) is 4.39 Å². The van der Waals surface area contributed by atoms with Crippen molar-refractivity contribution in [2.24, 2.45) is 0 Å². The van der Waals surface area contributed by atoms with Gasteiger partial charge in [0.2, 0.25) is 0 Å². The third-order valence-corrected chi connectivity index (χ3v) is 4.30. The van der Waals surface area contributed by atoms with Crippen LogP contribution in [0.5, 0.6) is 0 Å². The summed E-state index contributed by atoms with van der Waals surface area (Å²) in [5.41, 5.74) is -4.46. The van der Waals surface area contributed by atoms with E-state index in [-0.39, 0.29) is 18.1 Å². The average molecular weight is 324 g/mol. The van der Waals surface area contributed by atoms with E-state index < -0.39 is 21.4 Å². The van der Waals surface area contributed by atoms with Crippen LogP contribution in [0.3, 0.4) is 0 Å². The zero-order valence-corrected chi connectivity index (χ0v) is 11.8. The van der Waals surface area contributed by atoms with Crippen LogP contribution < -0.4 is 0 Å². The van der Waals surface area contributed by atoms with Crippen LogP contribution >= 0.6 is 0 Å². The maximum atomic E-state index is 13.5. The molecule has 0 amide bonds. The van der Waals surface area contributed by atoms with Gasteiger partial charge in [-0.15, -0.1) is 0 Å². The number of benzene rings is 1. The predicted molar refractivity (Wildman–Crippen MR) is 67.3 cm³/mol. The fraction of sp³-hybridized carbons (Fsp3) is 0.385. The van der Waals surface area contributed by atoms with Crippen molar-refractivity contribution in [3.8, 4) is 0 Å². The second-order valence-corrected chi connectivity index (χ2v) is 6.25. The molecule has 21 heavy (non-hydrogen) atoms. The predicted octanol–water partition coefficient (Wildman–Crippen LogP) is 3.76. The lowest BCUT2D eigenvalue weighted by Crippen LogP contribution is -2.25. The summed E-state index contributed by atoms with van der Waals surface area (Å²) in [6.07, 6.45) is 1.72. The molecule has 0 bridgehead atoms. The fourth-order valence-electron chi connectivity index (χ4n) is 2.22. The minimum Gasteiger partial charge on any atom is -0.381 e. The zero-order valence-electron chi connectivity index (χ0n) is 10.9. The maximum absolute atomic E-state index is 13.5. The summed E-state index contributed by atoms with van der Waals surface area (Å²) in [4.78, 5) is 0. The molecule has 1 aliphatic carbocycles. The molecule has 1 unspecified atom stereocenters. The molecule has 1 aromatic carbocycles. The first-order valence-electron chi connectivity index (χ1n) is 6.08. The van der Waals surface area contributed by atoms with E-state index in [9.17, 15) is 26.0 Å². The SMILES string of the molecule is Cc1c(F)cccc1C1C=C(OS(=O)(=O)C(F)(F)F)CC1. The first-order valence-corrected chi connectivity index (χ1v) is 7.49. The Morgan fingerprint density at radius 2 is 1.95 bits per heavy atom. The standard InChI is InChI=1S/C13H12F4O3S/c1-8-11(3-2-4-12(8)14)9-5-6-10(7-9)20-21(18,19)13(15,16)17/h2-4,7,9H,5-6H2,1H3. The first kappa shape index (κ1) is 15.8. The molecule has 1 aliphatic rings. The lowest BCUT2D eigenvalue weighted by atomic mass is 9.94. The van der Waals surface area contributed by atoms with E-state index in [2.05, 4.69) is 4.18 Å². The number of rotatable bonds is 3. The third-order valence-electron chi connectivity index (χ3n) is 3.30. The molecule has 8 heteroatoms. The summed E-state index contributed by atoms with van der Waals surface area (Å²) in [5.74, 6) is -1.04. The van der Waals surface area contributed by atoms with Crippen molar-refractivity contribution >= 4 is 10.1 Å². The molecule has 0 spiro atoms. The van der Waals surface area contributed by atoms with Crippen LogP contribution in [0.15, 0.2) is 30.0 Å². The minimum atomic E-state index is -5.65. The van der Waals surface area contributed by atoms with Gasteiger partial charge in [-0.1, -0.05) is 12.1 Å². The van der Waals surface area contributed by atoms with Crippen LogP contribution in [0.25, 0.3) is 0 Å². The Kier molecular flexibility index (Phi) is 4.01. The van der Waals surface area contributed by atoms with E-state index in [0.29, 0.717) is 17.5 Å². The third kappa shape index (κ3) is 3.20. The molecule has 3 nitrogen and oxygen atoms in total. The van der Waals surface area contributed by atoms with Gasteiger partial charge in [-0.2, -0.15) is 21.6 Å². The highest BCUT2D eigenvalue weighted by Crippen LogP contribution is 2.37. The first-order chi connectivity index (χ1) is 9.62. The van der Waals surface area contributed by atoms with Gasteiger partial charge in [0.1, 0.15) is 11.6 Å². The highest BCUT2D eigenvalue weighted by molar-refractivity contribution is 7.87. The smallest absolute Gasteiger partial charge is 0.381 e. The maximum Gasteiger partial charge on any atom is 0.534 e. The van der Waals surface area contributed by atoms with Gasteiger partial charge in [0, 0.05) is 12.3 Å². The molecule has 0 radical (unpaired) electrons. The fourth-order valence-corrected chi connectivity index (χ4v) is 2.73. The molecule has 1 aromatic rings. The van der Waals surface area contributed by atoms with Crippen LogP contribution in [-0.2, 0) is 14.3 Å². The van der Waals surface area contributed by atoms with Crippen molar-refractivity contribution in [1.82, 2.24) is 0 Å². The van der Waals surface area contributed by atoms with Crippen molar-refractivity contribution in [2.45, 2.75) is 31.2 Å². The topological polar surface area (TPSA) is 43.4 Å². The molecule has 1 atom stereocenters. The van der Waals surface area contributed by atoms with Crippen molar-refractivity contribution in [1.29, 1.82) is 0 Å². The molecule has 0 N–H and O–H groups in total. The summed E-state index contributed by atoms with van der Waals surface area (Å²) in [7, 11) is -5.65. The minimum absolute atomic E-state index is 0.0515. The largest absolute Gasteiger partial charge is 0.534 e. The van der Waals surface area contributed by atoms with Gasteiger partial charge in [0.15, 0.2) is 0 Å². The Hall–Kier alpha value is -1.57. The number of hydrogen-bond donors (Lipinski definition) is 0. The van der Waals surface area contributed by atoms with Crippen molar-refractivity contribution in [3.63, 3.8) is 0 Å². The molecule has 0 saturated heterocycles. The van der Waals surface area contributed by atoms with E-state index >= 15 is 0 Å². The van der Waals surface area contributed by atoms with Gasteiger partial charge in [-0.3, -0.25) is 0 Å². The number of hydrogen-bond acceptors (Lipinski definition) is 3. The Morgan fingerprint density at radius 1 is 1.29 bits per heavy atom. The van der Waals surface area contributed by atoms with Crippen molar-refractivity contribution in [3.05, 3.63) is 47.0 Å². The van der Waals surface area contributed by atoms with E-state index in [1.54, 1.807) is 13.0 Å². The van der Waals surface area contributed by atoms with Crippen LogP contribution in [0, 0.1) is 12.7 Å².